The largest absolute Gasteiger partial charge is 0.303 e. The lowest BCUT2D eigenvalue weighted by atomic mass is 9.56. The van der Waals surface area contributed by atoms with Crippen LogP contribution in [-0.4, -0.2) is 54.3 Å². The van der Waals surface area contributed by atoms with Crippen LogP contribution in [0.2, 0.25) is 0 Å². The highest BCUT2D eigenvalue weighted by atomic mass is 16.1. The Balaban J connectivity index is 1.38. The predicted molar refractivity (Wildman–Crippen MR) is 114 cm³/mol. The first-order valence-corrected chi connectivity index (χ1v) is 11.4. The maximum atomic E-state index is 12.2. The van der Waals surface area contributed by atoms with Gasteiger partial charge in [-0.1, -0.05) is 20.4 Å². The summed E-state index contributed by atoms with van der Waals surface area (Å²) >= 11 is 0. The van der Waals surface area contributed by atoms with Crippen molar-refractivity contribution >= 4 is 5.78 Å². The molecule has 0 N–H and O–H groups in total. The molecule has 3 fully saturated rings. The summed E-state index contributed by atoms with van der Waals surface area (Å²) in [5, 5.41) is 0. The molecule has 0 unspecified atom stereocenters. The van der Waals surface area contributed by atoms with Gasteiger partial charge in [0.05, 0.1) is 0 Å². The third-order valence-electron chi connectivity index (χ3n) is 7.87. The lowest BCUT2D eigenvalue weighted by Gasteiger charge is -2.56. The minimum atomic E-state index is 0.268. The molecule has 0 radical (unpaired) electrons. The fraction of sp³-hybridized carbons (Fsp3) is 0.875. The molecule has 1 heterocycles. The predicted octanol–water partition coefficient (Wildman–Crippen LogP) is 4.91. The van der Waals surface area contributed by atoms with Gasteiger partial charge in [0.25, 0.3) is 0 Å². The number of rotatable bonds is 7. The van der Waals surface area contributed by atoms with Crippen molar-refractivity contribution in [1.82, 2.24) is 9.80 Å². The standard InChI is InChI=1S/C24H42N2O/c1-18(2)8-13-25(5)21-9-14-26(15-10-21)22-16-24(17-22)11-6-20(7-12-24)23(27)19(3)4/h18,20-22H,3,6-17H2,1-2,4-5H3/t20-,22-,24?. The molecule has 0 bridgehead atoms. The first kappa shape index (κ1) is 21.0. The maximum Gasteiger partial charge on any atom is 0.161 e. The molecule has 2 saturated carbocycles. The van der Waals surface area contributed by atoms with Crippen LogP contribution in [0.15, 0.2) is 12.2 Å². The Morgan fingerprint density at radius 3 is 2.26 bits per heavy atom. The second kappa shape index (κ2) is 8.78. The zero-order valence-corrected chi connectivity index (χ0v) is 18.3. The van der Waals surface area contributed by atoms with E-state index in [2.05, 4.69) is 37.3 Å². The molecule has 2 aliphatic carbocycles. The van der Waals surface area contributed by atoms with Crippen molar-refractivity contribution in [2.24, 2.45) is 17.3 Å². The van der Waals surface area contributed by atoms with Gasteiger partial charge in [-0.15, -0.1) is 0 Å². The Bertz CT molecular complexity index is 516. The first-order chi connectivity index (χ1) is 12.8. The van der Waals surface area contributed by atoms with Crippen molar-refractivity contribution in [3.63, 3.8) is 0 Å². The monoisotopic (exact) mass is 374 g/mol. The van der Waals surface area contributed by atoms with E-state index in [1.165, 1.54) is 64.6 Å². The average Bonchev–Trinajstić information content (AvgIpc) is 2.63. The van der Waals surface area contributed by atoms with Gasteiger partial charge in [0, 0.05) is 18.0 Å². The molecule has 3 rings (SSSR count). The molecule has 0 amide bonds. The third-order valence-corrected chi connectivity index (χ3v) is 7.87. The van der Waals surface area contributed by atoms with Gasteiger partial charge in [0.1, 0.15) is 0 Å². The van der Waals surface area contributed by atoms with Crippen molar-refractivity contribution in [2.75, 3.05) is 26.7 Å². The van der Waals surface area contributed by atoms with Crippen molar-refractivity contribution in [3.05, 3.63) is 12.2 Å². The summed E-state index contributed by atoms with van der Waals surface area (Å²) in [6.45, 7) is 14.2. The van der Waals surface area contributed by atoms with Crippen LogP contribution in [0, 0.1) is 17.3 Å². The highest BCUT2D eigenvalue weighted by Gasteiger charge is 2.48. The number of hydrogen-bond donors (Lipinski definition) is 0. The van der Waals surface area contributed by atoms with E-state index in [-0.39, 0.29) is 5.92 Å². The van der Waals surface area contributed by atoms with Gasteiger partial charge in [0.2, 0.25) is 0 Å². The van der Waals surface area contributed by atoms with E-state index >= 15 is 0 Å². The van der Waals surface area contributed by atoms with Crippen LogP contribution >= 0.6 is 0 Å². The van der Waals surface area contributed by atoms with Crippen LogP contribution in [0.4, 0.5) is 0 Å². The van der Waals surface area contributed by atoms with Gasteiger partial charge in [-0.25, -0.2) is 0 Å². The van der Waals surface area contributed by atoms with E-state index in [0.717, 1.165) is 36.4 Å². The summed E-state index contributed by atoms with van der Waals surface area (Å²) in [7, 11) is 2.33. The maximum absolute atomic E-state index is 12.2. The summed E-state index contributed by atoms with van der Waals surface area (Å²) in [5.74, 6) is 1.40. The molecule has 27 heavy (non-hydrogen) atoms. The minimum Gasteiger partial charge on any atom is -0.303 e. The second-order valence-corrected chi connectivity index (χ2v) is 10.4. The number of piperidine rings is 1. The third kappa shape index (κ3) is 5.03. The molecular weight excluding hydrogens is 332 g/mol. The number of carbonyl (C=O) groups excluding carboxylic acids is 1. The van der Waals surface area contributed by atoms with Gasteiger partial charge in [0.15, 0.2) is 5.78 Å². The minimum absolute atomic E-state index is 0.268. The van der Waals surface area contributed by atoms with Gasteiger partial charge in [-0.05, 0) is 108 Å². The Kier molecular flexibility index (Phi) is 6.84. The number of nitrogens with zero attached hydrogens (tertiary/aromatic N) is 2. The molecule has 154 valence electrons. The van der Waals surface area contributed by atoms with Crippen LogP contribution in [0.5, 0.6) is 0 Å². The highest BCUT2D eigenvalue weighted by molar-refractivity contribution is 5.96. The molecule has 0 aromatic rings. The second-order valence-electron chi connectivity index (χ2n) is 10.4. The van der Waals surface area contributed by atoms with Crippen molar-refractivity contribution in [2.45, 2.75) is 90.6 Å². The molecule has 0 aromatic carbocycles. The fourth-order valence-electron chi connectivity index (χ4n) is 5.78. The summed E-state index contributed by atoms with van der Waals surface area (Å²) in [4.78, 5) is 17.6. The molecule has 0 aromatic heterocycles. The number of ketones is 1. The van der Waals surface area contributed by atoms with Crippen LogP contribution in [-0.2, 0) is 4.79 Å². The van der Waals surface area contributed by atoms with Crippen LogP contribution in [0.3, 0.4) is 0 Å². The lowest BCUT2D eigenvalue weighted by Crippen LogP contribution is -2.55. The molecular formula is C24H42N2O. The number of likely N-dealkylation sites (tertiary alicyclic amines) is 1. The van der Waals surface area contributed by atoms with Gasteiger partial charge < -0.3 is 9.80 Å². The average molecular weight is 375 g/mol. The quantitative estimate of drug-likeness (QED) is 0.591. The van der Waals surface area contributed by atoms with Crippen molar-refractivity contribution < 1.29 is 4.79 Å². The number of allylic oxidation sites excluding steroid dienone is 1. The summed E-state index contributed by atoms with van der Waals surface area (Å²) in [6, 6.07) is 1.61. The van der Waals surface area contributed by atoms with E-state index in [4.69, 9.17) is 0 Å². The zero-order chi connectivity index (χ0) is 19.6. The van der Waals surface area contributed by atoms with Gasteiger partial charge in [-0.3, -0.25) is 4.79 Å². The Morgan fingerprint density at radius 1 is 1.15 bits per heavy atom. The summed E-state index contributed by atoms with van der Waals surface area (Å²) in [6.07, 6.45) is 11.5. The van der Waals surface area contributed by atoms with Crippen LogP contribution in [0.1, 0.15) is 78.6 Å². The summed E-state index contributed by atoms with van der Waals surface area (Å²) < 4.78 is 0. The van der Waals surface area contributed by atoms with Crippen molar-refractivity contribution in [1.29, 1.82) is 0 Å². The summed E-state index contributed by atoms with van der Waals surface area (Å²) in [5.41, 5.74) is 1.32. The highest BCUT2D eigenvalue weighted by Crippen LogP contribution is 2.54. The number of carbonyl (C=O) groups is 1. The topological polar surface area (TPSA) is 23.6 Å². The van der Waals surface area contributed by atoms with Crippen LogP contribution < -0.4 is 0 Å². The van der Waals surface area contributed by atoms with E-state index < -0.39 is 0 Å². The van der Waals surface area contributed by atoms with Crippen LogP contribution in [0.25, 0.3) is 0 Å². The zero-order valence-electron chi connectivity index (χ0n) is 18.3. The molecule has 1 spiro atoms. The Morgan fingerprint density at radius 2 is 1.74 bits per heavy atom. The van der Waals surface area contributed by atoms with Crippen molar-refractivity contribution in [3.8, 4) is 0 Å². The first-order valence-electron chi connectivity index (χ1n) is 11.4. The van der Waals surface area contributed by atoms with E-state index in [0.29, 0.717) is 11.2 Å². The molecule has 3 aliphatic rings. The Hall–Kier alpha value is -0.670. The van der Waals surface area contributed by atoms with E-state index in [1.807, 2.05) is 6.92 Å². The van der Waals surface area contributed by atoms with E-state index in [1.54, 1.807) is 0 Å². The van der Waals surface area contributed by atoms with Gasteiger partial charge in [-0.2, -0.15) is 0 Å². The number of Topliss-reactive ketones (excluding diaryl/α,β-unsaturated/α-hetero) is 1. The SMILES string of the molecule is C=C(C)C(=O)[C@H]1CCC2(CC1)C[C@H](N1CCC(N(C)CCC(C)C)CC1)C2. The molecule has 1 saturated heterocycles. The molecule has 0 atom stereocenters. The smallest absolute Gasteiger partial charge is 0.161 e. The lowest BCUT2D eigenvalue weighted by molar-refractivity contribution is -0.122. The number of hydrogen-bond acceptors (Lipinski definition) is 3. The molecule has 3 nitrogen and oxygen atoms in total. The van der Waals surface area contributed by atoms with Gasteiger partial charge >= 0.3 is 0 Å². The van der Waals surface area contributed by atoms with E-state index in [9.17, 15) is 4.79 Å². The molecule has 3 heteroatoms. The molecule has 1 aliphatic heterocycles. The Labute approximate surface area is 167 Å². The normalized spacial score (nSPS) is 32.8. The fourth-order valence-corrected chi connectivity index (χ4v) is 5.78.